The molecule has 0 radical (unpaired) electrons. The van der Waals surface area contributed by atoms with E-state index in [4.69, 9.17) is 18.9 Å². The number of aromatic hydroxyl groups is 1. The molecule has 0 saturated heterocycles. The number of methoxy groups -OCH3 is 4. The van der Waals surface area contributed by atoms with Gasteiger partial charge in [0, 0.05) is 13.0 Å². The largest absolute Gasteiger partial charge is 0.504 e. The number of carbonyl (C=O) groups is 1. The van der Waals surface area contributed by atoms with E-state index in [0.29, 0.717) is 35.7 Å². The van der Waals surface area contributed by atoms with Crippen molar-refractivity contribution >= 4 is 5.78 Å². The van der Waals surface area contributed by atoms with Gasteiger partial charge in [0.2, 0.25) is 0 Å². The third-order valence-electron chi connectivity index (χ3n) is 5.78. The summed E-state index contributed by atoms with van der Waals surface area (Å²) in [6, 6.07) is 10.6. The van der Waals surface area contributed by atoms with Crippen LogP contribution < -0.4 is 14.2 Å². The Kier molecular flexibility index (Phi) is 6.64. The van der Waals surface area contributed by atoms with Gasteiger partial charge in [-0.1, -0.05) is 6.07 Å². The fourth-order valence-electron chi connectivity index (χ4n) is 4.17. The van der Waals surface area contributed by atoms with Gasteiger partial charge in [0.1, 0.15) is 11.5 Å². The molecule has 0 amide bonds. The second-order valence-electron chi connectivity index (χ2n) is 7.25. The van der Waals surface area contributed by atoms with Crippen molar-refractivity contribution < 1.29 is 28.8 Å². The van der Waals surface area contributed by atoms with Crippen molar-refractivity contribution in [3.63, 3.8) is 0 Å². The lowest BCUT2D eigenvalue weighted by Crippen LogP contribution is -2.32. The summed E-state index contributed by atoms with van der Waals surface area (Å²) in [7, 11) is 6.33. The van der Waals surface area contributed by atoms with Crippen LogP contribution in [-0.4, -0.2) is 45.4 Å². The molecule has 1 N–H and O–H groups in total. The third-order valence-corrected chi connectivity index (χ3v) is 5.78. The Morgan fingerprint density at radius 2 is 1.66 bits per heavy atom. The first-order chi connectivity index (χ1) is 14.0. The van der Waals surface area contributed by atoms with Crippen molar-refractivity contribution in [3.05, 3.63) is 47.5 Å². The molecule has 2 aromatic rings. The summed E-state index contributed by atoms with van der Waals surface area (Å²) < 4.78 is 21.5. The maximum absolute atomic E-state index is 13.6. The van der Waals surface area contributed by atoms with Gasteiger partial charge in [-0.3, -0.25) is 4.79 Å². The number of phenols is 1. The lowest BCUT2D eigenvalue weighted by molar-refractivity contribution is 0.0429. The van der Waals surface area contributed by atoms with Crippen molar-refractivity contribution in [1.29, 1.82) is 0 Å². The van der Waals surface area contributed by atoms with Crippen LogP contribution in [0.3, 0.4) is 0 Å². The van der Waals surface area contributed by atoms with E-state index in [1.54, 1.807) is 51.7 Å². The summed E-state index contributed by atoms with van der Waals surface area (Å²) >= 11 is 0. The SMILES string of the molecule is COc1ccc(OC)c(C(=O)C2CCC(OC)CC2c2ccc(OC)c(O)c2)c1. The second-order valence-corrected chi connectivity index (χ2v) is 7.25. The third kappa shape index (κ3) is 4.32. The first kappa shape index (κ1) is 21.0. The summed E-state index contributed by atoms with van der Waals surface area (Å²) in [6.07, 6.45) is 2.26. The van der Waals surface area contributed by atoms with E-state index in [1.165, 1.54) is 7.11 Å². The van der Waals surface area contributed by atoms with E-state index in [-0.39, 0.29) is 29.5 Å². The summed E-state index contributed by atoms with van der Waals surface area (Å²) in [5.74, 6) is 1.28. The first-order valence-electron chi connectivity index (χ1n) is 9.68. The number of ether oxygens (including phenoxy) is 4. The Bertz CT molecular complexity index is 862. The zero-order valence-electron chi connectivity index (χ0n) is 17.3. The van der Waals surface area contributed by atoms with Crippen molar-refractivity contribution in [2.45, 2.75) is 31.3 Å². The molecule has 29 heavy (non-hydrogen) atoms. The molecule has 3 atom stereocenters. The molecule has 6 nitrogen and oxygen atoms in total. The zero-order valence-corrected chi connectivity index (χ0v) is 17.3. The minimum atomic E-state index is -0.254. The molecule has 0 bridgehead atoms. The van der Waals surface area contributed by atoms with Crippen LogP contribution in [0.15, 0.2) is 36.4 Å². The molecule has 6 heteroatoms. The summed E-state index contributed by atoms with van der Waals surface area (Å²) in [5.41, 5.74) is 1.40. The molecule has 0 spiro atoms. The van der Waals surface area contributed by atoms with Crippen LogP contribution >= 0.6 is 0 Å². The van der Waals surface area contributed by atoms with Crippen molar-refractivity contribution in [3.8, 4) is 23.0 Å². The highest BCUT2D eigenvalue weighted by Crippen LogP contribution is 2.43. The highest BCUT2D eigenvalue weighted by molar-refractivity contribution is 6.01. The predicted molar refractivity (Wildman–Crippen MR) is 109 cm³/mol. The summed E-state index contributed by atoms with van der Waals surface area (Å²) in [6.45, 7) is 0. The highest BCUT2D eigenvalue weighted by Gasteiger charge is 2.37. The van der Waals surface area contributed by atoms with Crippen LogP contribution in [0.25, 0.3) is 0 Å². The first-order valence-corrected chi connectivity index (χ1v) is 9.68. The molecule has 3 unspecified atom stereocenters. The number of ketones is 1. The number of rotatable bonds is 7. The Hall–Kier alpha value is -2.73. The van der Waals surface area contributed by atoms with Crippen LogP contribution in [0.5, 0.6) is 23.0 Å². The van der Waals surface area contributed by atoms with E-state index in [0.717, 1.165) is 12.0 Å². The maximum Gasteiger partial charge on any atom is 0.170 e. The standard InChI is InChI=1S/C23H28O6/c1-26-15-6-8-17(18(12-15)14-5-9-22(29-4)20(24)11-14)23(25)19-13-16(27-2)7-10-21(19)28-3/h5,7,9-11,13,15,17-18,24H,6,8,12H2,1-4H3. The number of benzene rings is 2. The average Bonchev–Trinajstić information content (AvgIpc) is 2.77. The molecule has 0 aliphatic heterocycles. The average molecular weight is 400 g/mol. The van der Waals surface area contributed by atoms with Crippen molar-refractivity contribution in [2.24, 2.45) is 5.92 Å². The predicted octanol–water partition coefficient (Wildman–Crippen LogP) is 4.20. The van der Waals surface area contributed by atoms with Gasteiger partial charge in [-0.15, -0.1) is 0 Å². The molecule has 156 valence electrons. The number of phenolic OH excluding ortho intramolecular Hbond substituents is 1. The molecule has 3 rings (SSSR count). The van der Waals surface area contributed by atoms with Gasteiger partial charge in [0.25, 0.3) is 0 Å². The van der Waals surface area contributed by atoms with E-state index >= 15 is 0 Å². The molecule has 1 fully saturated rings. The molecule has 2 aromatic carbocycles. The van der Waals surface area contributed by atoms with Crippen LogP contribution in [0.4, 0.5) is 0 Å². The zero-order chi connectivity index (χ0) is 21.0. The Labute approximate surface area is 171 Å². The lowest BCUT2D eigenvalue weighted by atomic mass is 9.71. The molecule has 1 aliphatic rings. The Morgan fingerprint density at radius 3 is 2.28 bits per heavy atom. The number of hydrogen-bond acceptors (Lipinski definition) is 6. The van der Waals surface area contributed by atoms with Gasteiger partial charge in [-0.05, 0) is 61.1 Å². The fourth-order valence-corrected chi connectivity index (χ4v) is 4.17. The lowest BCUT2D eigenvalue weighted by Gasteiger charge is -2.35. The van der Waals surface area contributed by atoms with Crippen molar-refractivity contribution in [2.75, 3.05) is 28.4 Å². The monoisotopic (exact) mass is 400 g/mol. The van der Waals surface area contributed by atoms with E-state index in [1.807, 2.05) is 6.07 Å². The van der Waals surface area contributed by atoms with E-state index in [2.05, 4.69) is 0 Å². The smallest absolute Gasteiger partial charge is 0.170 e. The minimum absolute atomic E-state index is 0.00982. The van der Waals surface area contributed by atoms with Crippen LogP contribution in [0.2, 0.25) is 0 Å². The number of hydrogen-bond donors (Lipinski definition) is 1. The quantitative estimate of drug-likeness (QED) is 0.702. The topological polar surface area (TPSA) is 74.2 Å². The van der Waals surface area contributed by atoms with Crippen LogP contribution in [0, 0.1) is 5.92 Å². The normalized spacial score (nSPS) is 21.4. The summed E-state index contributed by atoms with van der Waals surface area (Å²) in [4.78, 5) is 13.6. The van der Waals surface area contributed by atoms with Crippen LogP contribution in [-0.2, 0) is 4.74 Å². The van der Waals surface area contributed by atoms with Gasteiger partial charge < -0.3 is 24.1 Å². The maximum atomic E-state index is 13.6. The van der Waals surface area contributed by atoms with Gasteiger partial charge >= 0.3 is 0 Å². The van der Waals surface area contributed by atoms with Crippen molar-refractivity contribution in [1.82, 2.24) is 0 Å². The number of carbonyl (C=O) groups excluding carboxylic acids is 1. The van der Waals surface area contributed by atoms with Gasteiger partial charge in [-0.25, -0.2) is 0 Å². The van der Waals surface area contributed by atoms with E-state index in [9.17, 15) is 9.90 Å². The van der Waals surface area contributed by atoms with Crippen LogP contribution in [0.1, 0.15) is 41.1 Å². The van der Waals surface area contributed by atoms with Gasteiger partial charge in [0.15, 0.2) is 17.3 Å². The molecule has 0 heterocycles. The number of Topliss-reactive ketones (excluding diaryl/α,β-unsaturated/α-hetero) is 1. The second kappa shape index (κ2) is 9.18. The highest BCUT2D eigenvalue weighted by atomic mass is 16.5. The molecule has 0 aromatic heterocycles. The Balaban J connectivity index is 1.99. The van der Waals surface area contributed by atoms with E-state index < -0.39 is 0 Å². The Morgan fingerprint density at radius 1 is 0.931 bits per heavy atom. The van der Waals surface area contributed by atoms with Gasteiger partial charge in [-0.2, -0.15) is 0 Å². The molecule has 1 saturated carbocycles. The fraction of sp³-hybridized carbons (Fsp3) is 0.435. The minimum Gasteiger partial charge on any atom is -0.504 e. The molecular formula is C23H28O6. The molecular weight excluding hydrogens is 372 g/mol. The van der Waals surface area contributed by atoms with Gasteiger partial charge in [0.05, 0.1) is 33.0 Å². The summed E-state index contributed by atoms with van der Waals surface area (Å²) in [5, 5.41) is 10.3. The molecule has 1 aliphatic carbocycles.